The Labute approximate surface area is 196 Å². The van der Waals surface area contributed by atoms with E-state index in [1.165, 1.54) is 30.5 Å². The Morgan fingerprint density at radius 3 is 2.52 bits per heavy atom. The minimum atomic E-state index is -3.99. The molecule has 0 unspecified atom stereocenters. The molecule has 0 atom stereocenters. The van der Waals surface area contributed by atoms with Gasteiger partial charge in [-0.3, -0.25) is 19.6 Å². The van der Waals surface area contributed by atoms with E-state index in [1.807, 2.05) is 0 Å². The van der Waals surface area contributed by atoms with E-state index in [0.29, 0.717) is 10.6 Å². The van der Waals surface area contributed by atoms with E-state index < -0.39 is 27.9 Å². The van der Waals surface area contributed by atoms with Crippen molar-refractivity contribution in [1.29, 1.82) is 0 Å². The molecule has 0 radical (unpaired) electrons. The number of ether oxygens (including phenoxy) is 1. The number of carboxylic acid groups (broad SMARTS) is 1. The first-order valence-corrected chi connectivity index (χ1v) is 12.5. The zero-order chi connectivity index (χ0) is 24.0. The quantitative estimate of drug-likeness (QED) is 0.380. The summed E-state index contributed by atoms with van der Waals surface area (Å²) in [5.41, 5.74) is 0.660. The van der Waals surface area contributed by atoms with Gasteiger partial charge in [-0.15, -0.1) is 22.7 Å². The average Bonchev–Trinajstić information content (AvgIpc) is 3.36. The maximum atomic E-state index is 12.5. The number of hydrogen-bond donors (Lipinski definition) is 2. The minimum absolute atomic E-state index is 0.00639. The standard InChI is InChI=1S/C19H18N4O7S3/c1-2-30-16(26)7-12-10-31-19(21-12)22-17(27)11-3-5-14(6-4-11)33(28,29)23-18-20-9-13(32-18)8-15(24)25/h3-6,9-10H,2,7-8H2,1H3,(H,20,23)(H,24,25)(H,21,22,27)/p-1. The Kier molecular flexibility index (Phi) is 7.73. The monoisotopic (exact) mass is 509 g/mol. The Morgan fingerprint density at radius 2 is 1.85 bits per heavy atom. The third kappa shape index (κ3) is 6.81. The van der Waals surface area contributed by atoms with Gasteiger partial charge in [0, 0.05) is 34.4 Å². The van der Waals surface area contributed by atoms with Gasteiger partial charge in [-0.2, -0.15) is 0 Å². The highest BCUT2D eigenvalue weighted by atomic mass is 32.2. The van der Waals surface area contributed by atoms with Crippen LogP contribution in [0.1, 0.15) is 27.9 Å². The Bertz CT molecular complexity index is 1270. The molecule has 0 aliphatic rings. The molecule has 3 rings (SSSR count). The lowest BCUT2D eigenvalue weighted by atomic mass is 10.2. The molecule has 2 N–H and O–H groups in total. The zero-order valence-corrected chi connectivity index (χ0v) is 19.5. The number of sulfonamides is 1. The number of benzene rings is 1. The number of hydrogen-bond acceptors (Lipinski definition) is 11. The number of rotatable bonds is 10. The number of nitrogens with one attached hydrogen (secondary N) is 2. The van der Waals surface area contributed by atoms with Crippen molar-refractivity contribution in [3.63, 3.8) is 0 Å². The summed E-state index contributed by atoms with van der Waals surface area (Å²) in [5.74, 6) is -2.22. The summed E-state index contributed by atoms with van der Waals surface area (Å²) in [5, 5.41) is 15.1. The SMILES string of the molecule is CCOC(=O)Cc1csc(NC(=O)c2ccc(S(=O)(=O)Nc3ncc(CC(=O)[O-])s3)cc2)n1. The molecule has 11 nitrogen and oxygen atoms in total. The van der Waals surface area contributed by atoms with Gasteiger partial charge in [0.25, 0.3) is 15.9 Å². The predicted octanol–water partition coefficient (Wildman–Crippen LogP) is 1.05. The molecule has 0 saturated heterocycles. The van der Waals surface area contributed by atoms with E-state index in [-0.39, 0.29) is 40.2 Å². The number of carbonyl (C=O) groups excluding carboxylic acids is 3. The van der Waals surface area contributed by atoms with Crippen LogP contribution in [-0.4, -0.2) is 42.8 Å². The van der Waals surface area contributed by atoms with Crippen molar-refractivity contribution < 1.29 is 32.6 Å². The highest BCUT2D eigenvalue weighted by Gasteiger charge is 2.18. The molecule has 0 bridgehead atoms. The summed E-state index contributed by atoms with van der Waals surface area (Å²) >= 11 is 2.02. The normalized spacial score (nSPS) is 11.1. The first-order chi connectivity index (χ1) is 15.7. The summed E-state index contributed by atoms with van der Waals surface area (Å²) in [4.78, 5) is 42.8. The average molecular weight is 510 g/mol. The number of anilines is 2. The van der Waals surface area contributed by atoms with Crippen molar-refractivity contribution in [2.24, 2.45) is 0 Å². The number of amides is 1. The van der Waals surface area contributed by atoms with Gasteiger partial charge >= 0.3 is 5.97 Å². The van der Waals surface area contributed by atoms with Crippen LogP contribution in [0.4, 0.5) is 10.3 Å². The lowest BCUT2D eigenvalue weighted by molar-refractivity contribution is -0.304. The van der Waals surface area contributed by atoms with Crippen LogP contribution in [0.25, 0.3) is 0 Å². The molecule has 0 aliphatic carbocycles. The number of carbonyl (C=O) groups is 3. The third-order valence-corrected chi connectivity index (χ3v) is 7.13. The van der Waals surface area contributed by atoms with Gasteiger partial charge in [0.05, 0.1) is 23.6 Å². The zero-order valence-electron chi connectivity index (χ0n) is 17.1. The van der Waals surface area contributed by atoms with E-state index in [4.69, 9.17) is 4.74 Å². The number of thiazole rings is 2. The fourth-order valence-electron chi connectivity index (χ4n) is 2.51. The van der Waals surface area contributed by atoms with Crippen molar-refractivity contribution in [2.45, 2.75) is 24.7 Å². The Morgan fingerprint density at radius 1 is 1.12 bits per heavy atom. The van der Waals surface area contributed by atoms with Gasteiger partial charge in [0.1, 0.15) is 0 Å². The van der Waals surface area contributed by atoms with Gasteiger partial charge in [0.2, 0.25) is 0 Å². The van der Waals surface area contributed by atoms with Gasteiger partial charge < -0.3 is 14.6 Å². The van der Waals surface area contributed by atoms with Gasteiger partial charge in [0.15, 0.2) is 10.3 Å². The van der Waals surface area contributed by atoms with Crippen LogP contribution < -0.4 is 15.1 Å². The molecular weight excluding hydrogens is 492 g/mol. The highest BCUT2D eigenvalue weighted by Crippen LogP contribution is 2.23. The summed E-state index contributed by atoms with van der Waals surface area (Å²) in [6.45, 7) is 1.97. The van der Waals surface area contributed by atoms with Gasteiger partial charge in [-0.1, -0.05) is 0 Å². The second-order valence-electron chi connectivity index (χ2n) is 6.39. The van der Waals surface area contributed by atoms with Crippen LogP contribution in [0.2, 0.25) is 0 Å². The van der Waals surface area contributed by atoms with Crippen LogP contribution in [0.3, 0.4) is 0 Å². The summed E-state index contributed by atoms with van der Waals surface area (Å²) in [6, 6.07) is 5.17. The number of nitrogens with zero attached hydrogens (tertiary/aromatic N) is 2. The number of aromatic nitrogens is 2. The van der Waals surface area contributed by atoms with Gasteiger partial charge in [-0.25, -0.2) is 18.4 Å². The maximum absolute atomic E-state index is 12.5. The van der Waals surface area contributed by atoms with Crippen molar-refractivity contribution in [2.75, 3.05) is 16.6 Å². The molecule has 0 fully saturated rings. The van der Waals surface area contributed by atoms with Crippen LogP contribution in [0.15, 0.2) is 40.7 Å². The maximum Gasteiger partial charge on any atom is 0.311 e. The topological polar surface area (TPSA) is 167 Å². The van der Waals surface area contributed by atoms with E-state index in [0.717, 1.165) is 22.7 Å². The second-order valence-corrected chi connectivity index (χ2v) is 10.0. The molecule has 174 valence electrons. The van der Waals surface area contributed by atoms with E-state index in [1.54, 1.807) is 12.3 Å². The molecule has 3 aromatic rings. The summed E-state index contributed by atoms with van der Waals surface area (Å²) < 4.78 is 32.2. The summed E-state index contributed by atoms with van der Waals surface area (Å²) in [7, 11) is -3.99. The van der Waals surface area contributed by atoms with E-state index in [9.17, 15) is 27.9 Å². The highest BCUT2D eigenvalue weighted by molar-refractivity contribution is 7.93. The molecule has 0 spiro atoms. The van der Waals surface area contributed by atoms with Crippen molar-refractivity contribution >= 4 is 60.8 Å². The second kappa shape index (κ2) is 10.5. The van der Waals surface area contributed by atoms with Crippen LogP contribution >= 0.6 is 22.7 Å². The summed E-state index contributed by atoms with van der Waals surface area (Å²) in [6.07, 6.45) is 0.878. The molecule has 1 aromatic carbocycles. The number of carboxylic acids is 1. The predicted molar refractivity (Wildman–Crippen MR) is 118 cm³/mol. The Hall–Kier alpha value is -3.36. The fraction of sp³-hybridized carbons (Fsp3) is 0.211. The van der Waals surface area contributed by atoms with Crippen molar-refractivity contribution in [3.8, 4) is 0 Å². The number of esters is 1. The third-order valence-electron chi connectivity index (χ3n) is 3.92. The van der Waals surface area contributed by atoms with Crippen molar-refractivity contribution in [3.05, 3.63) is 52.0 Å². The molecule has 2 heterocycles. The van der Waals surface area contributed by atoms with Crippen molar-refractivity contribution in [1.82, 2.24) is 9.97 Å². The lowest BCUT2D eigenvalue weighted by Gasteiger charge is -2.06. The van der Waals surface area contributed by atoms with Gasteiger partial charge in [-0.05, 0) is 31.2 Å². The molecule has 14 heteroatoms. The first-order valence-electron chi connectivity index (χ1n) is 9.35. The fourth-order valence-corrected chi connectivity index (χ4v) is 5.26. The molecule has 0 aliphatic heterocycles. The smallest absolute Gasteiger partial charge is 0.311 e. The lowest BCUT2D eigenvalue weighted by Crippen LogP contribution is -2.23. The van der Waals surface area contributed by atoms with Crippen LogP contribution in [0.5, 0.6) is 0 Å². The molecule has 33 heavy (non-hydrogen) atoms. The Balaban J connectivity index is 1.62. The largest absolute Gasteiger partial charge is 0.550 e. The van der Waals surface area contributed by atoms with E-state index in [2.05, 4.69) is 20.0 Å². The molecule has 2 aromatic heterocycles. The van der Waals surface area contributed by atoms with E-state index >= 15 is 0 Å². The molecule has 1 amide bonds. The first kappa shape index (κ1) is 24.3. The van der Waals surface area contributed by atoms with Crippen LogP contribution in [-0.2, 0) is 37.2 Å². The number of aliphatic carboxylic acids is 1. The minimum Gasteiger partial charge on any atom is -0.550 e. The molecular formula is C19H17N4O7S3-. The van der Waals surface area contributed by atoms with Crippen LogP contribution in [0, 0.1) is 0 Å². The molecule has 0 saturated carbocycles.